The summed E-state index contributed by atoms with van der Waals surface area (Å²) >= 11 is 3.06. The van der Waals surface area contributed by atoms with Gasteiger partial charge in [0.2, 0.25) is 5.91 Å². The van der Waals surface area contributed by atoms with E-state index in [1.54, 1.807) is 24.8 Å². The molecule has 7 heteroatoms. The second-order valence-electron chi connectivity index (χ2n) is 6.35. The molecule has 1 N–H and O–H groups in total. The van der Waals surface area contributed by atoms with E-state index >= 15 is 0 Å². The smallest absolute Gasteiger partial charge is 0.237 e. The molecule has 0 aliphatic heterocycles. The minimum atomic E-state index is -0.310. The zero-order chi connectivity index (χ0) is 20.2. The highest BCUT2D eigenvalue weighted by Gasteiger charge is 2.18. The summed E-state index contributed by atoms with van der Waals surface area (Å²) in [7, 11) is 1.61. The molecule has 2 aromatic heterocycles. The molecule has 2 heterocycles. The molecule has 1 unspecified atom stereocenters. The third-order valence-corrected chi connectivity index (χ3v) is 6.57. The van der Waals surface area contributed by atoms with Gasteiger partial charge >= 0.3 is 0 Å². The number of hydrogen-bond acceptors (Lipinski definition) is 6. The second kappa shape index (κ2) is 8.63. The summed E-state index contributed by atoms with van der Waals surface area (Å²) in [6, 6.07) is 19.6. The van der Waals surface area contributed by atoms with Gasteiger partial charge in [-0.2, -0.15) is 0 Å². The Labute approximate surface area is 177 Å². The van der Waals surface area contributed by atoms with Crippen LogP contribution in [0, 0.1) is 0 Å². The Bertz CT molecular complexity index is 1130. The summed E-state index contributed by atoms with van der Waals surface area (Å²) < 4.78 is 5.15. The Kier molecular flexibility index (Phi) is 5.78. The Morgan fingerprint density at radius 1 is 1.10 bits per heavy atom. The van der Waals surface area contributed by atoms with Gasteiger partial charge in [0, 0.05) is 16.0 Å². The van der Waals surface area contributed by atoms with Crippen molar-refractivity contribution < 1.29 is 9.53 Å². The Morgan fingerprint density at radius 3 is 2.59 bits per heavy atom. The summed E-state index contributed by atoms with van der Waals surface area (Å²) in [4.78, 5) is 23.5. The lowest BCUT2D eigenvalue weighted by molar-refractivity contribution is -0.115. The van der Waals surface area contributed by atoms with Crippen molar-refractivity contribution in [2.45, 2.75) is 17.2 Å². The van der Waals surface area contributed by atoms with Crippen LogP contribution in [0.3, 0.4) is 0 Å². The van der Waals surface area contributed by atoms with Crippen molar-refractivity contribution in [2.24, 2.45) is 0 Å². The van der Waals surface area contributed by atoms with Crippen LogP contribution in [-0.2, 0) is 4.79 Å². The molecule has 0 aliphatic carbocycles. The van der Waals surface area contributed by atoms with Gasteiger partial charge in [-0.3, -0.25) is 4.79 Å². The number of nitrogens with one attached hydrogen (secondary N) is 1. The van der Waals surface area contributed by atoms with Crippen LogP contribution in [-0.4, -0.2) is 28.2 Å². The molecule has 1 atom stereocenters. The number of hydrogen-bond donors (Lipinski definition) is 1. The predicted molar refractivity (Wildman–Crippen MR) is 120 cm³/mol. The van der Waals surface area contributed by atoms with Crippen LogP contribution >= 0.6 is 23.1 Å². The Balaban J connectivity index is 1.52. The largest absolute Gasteiger partial charge is 0.497 e. The molecule has 0 fully saturated rings. The number of thioether (sulfide) groups is 1. The third kappa shape index (κ3) is 4.41. The predicted octanol–water partition coefficient (Wildman–Crippen LogP) is 5.49. The summed E-state index contributed by atoms with van der Waals surface area (Å²) in [6.45, 7) is 1.88. The maximum atomic E-state index is 12.6. The topological polar surface area (TPSA) is 64.1 Å². The number of amides is 1. The molecule has 29 heavy (non-hydrogen) atoms. The van der Waals surface area contributed by atoms with E-state index in [2.05, 4.69) is 33.5 Å². The fraction of sp³-hybridized carbons (Fsp3) is 0.136. The van der Waals surface area contributed by atoms with Crippen molar-refractivity contribution in [3.8, 4) is 16.2 Å². The summed E-state index contributed by atoms with van der Waals surface area (Å²) in [5.41, 5.74) is 1.88. The minimum Gasteiger partial charge on any atom is -0.497 e. The number of methoxy groups -OCH3 is 1. The van der Waals surface area contributed by atoms with Crippen molar-refractivity contribution in [3.05, 3.63) is 67.0 Å². The number of benzene rings is 2. The quantitative estimate of drug-likeness (QED) is 0.330. The van der Waals surface area contributed by atoms with Crippen molar-refractivity contribution in [1.82, 2.24) is 9.97 Å². The molecule has 0 spiro atoms. The molecule has 0 bridgehead atoms. The van der Waals surface area contributed by atoms with E-state index in [1.165, 1.54) is 11.8 Å². The highest BCUT2D eigenvalue weighted by Crippen LogP contribution is 2.37. The first-order valence-electron chi connectivity index (χ1n) is 9.05. The lowest BCUT2D eigenvalue weighted by atomic mass is 10.2. The minimum absolute atomic E-state index is 0.0783. The van der Waals surface area contributed by atoms with Crippen LogP contribution in [0.15, 0.2) is 72.0 Å². The van der Waals surface area contributed by atoms with Gasteiger partial charge < -0.3 is 10.1 Å². The number of fused-ring (bicyclic) bond motifs is 1. The van der Waals surface area contributed by atoms with E-state index in [9.17, 15) is 4.79 Å². The fourth-order valence-electron chi connectivity index (χ4n) is 2.81. The van der Waals surface area contributed by atoms with Gasteiger partial charge in [-0.1, -0.05) is 42.1 Å². The zero-order valence-electron chi connectivity index (χ0n) is 16.0. The van der Waals surface area contributed by atoms with Gasteiger partial charge in [0.1, 0.15) is 21.9 Å². The second-order valence-corrected chi connectivity index (χ2v) is 8.71. The highest BCUT2D eigenvalue weighted by atomic mass is 32.2. The van der Waals surface area contributed by atoms with E-state index in [1.807, 2.05) is 49.4 Å². The molecule has 0 radical (unpaired) electrons. The third-order valence-electron chi connectivity index (χ3n) is 4.37. The van der Waals surface area contributed by atoms with E-state index in [4.69, 9.17) is 4.74 Å². The molecular formula is C22H19N3O2S2. The van der Waals surface area contributed by atoms with Gasteiger partial charge in [0.15, 0.2) is 0 Å². The maximum Gasteiger partial charge on any atom is 0.237 e. The normalized spacial score (nSPS) is 11.9. The van der Waals surface area contributed by atoms with Crippen LogP contribution < -0.4 is 10.1 Å². The number of anilines is 1. The van der Waals surface area contributed by atoms with Crippen LogP contribution in [0.2, 0.25) is 0 Å². The van der Waals surface area contributed by atoms with Crippen molar-refractivity contribution in [3.63, 3.8) is 0 Å². The lowest BCUT2D eigenvalue weighted by Crippen LogP contribution is -2.22. The molecule has 0 saturated carbocycles. The maximum absolute atomic E-state index is 12.6. The molecule has 1 amide bonds. The van der Waals surface area contributed by atoms with E-state index in [0.29, 0.717) is 0 Å². The summed E-state index contributed by atoms with van der Waals surface area (Å²) in [5, 5.41) is 4.41. The molecule has 2 aromatic carbocycles. The summed E-state index contributed by atoms with van der Waals surface area (Å²) in [5.74, 6) is 0.672. The number of ether oxygens (including phenoxy) is 1. The van der Waals surface area contributed by atoms with Crippen molar-refractivity contribution >= 4 is 44.9 Å². The number of carbonyl (C=O) groups is 1. The lowest BCUT2D eigenvalue weighted by Gasteiger charge is -2.12. The first kappa shape index (κ1) is 19.4. The SMILES string of the molecule is COc1ccc(NC(=O)C(C)Sc2ncnc3sc(-c4ccccc4)cc23)cc1. The van der Waals surface area contributed by atoms with Gasteiger partial charge in [-0.05, 0) is 42.8 Å². The van der Waals surface area contributed by atoms with Crippen molar-refractivity contribution in [1.29, 1.82) is 0 Å². The van der Waals surface area contributed by atoms with Gasteiger partial charge in [-0.25, -0.2) is 9.97 Å². The molecular weight excluding hydrogens is 402 g/mol. The van der Waals surface area contributed by atoms with E-state index in [-0.39, 0.29) is 11.2 Å². The molecule has 5 nitrogen and oxygen atoms in total. The van der Waals surface area contributed by atoms with E-state index in [0.717, 1.165) is 37.1 Å². The van der Waals surface area contributed by atoms with Crippen LogP contribution in [0.4, 0.5) is 5.69 Å². The van der Waals surface area contributed by atoms with Crippen LogP contribution in [0.5, 0.6) is 5.75 Å². The molecule has 146 valence electrons. The molecule has 4 aromatic rings. The Hall–Kier alpha value is -2.90. The van der Waals surface area contributed by atoms with Gasteiger partial charge in [0.25, 0.3) is 0 Å². The fourth-order valence-corrected chi connectivity index (χ4v) is 4.77. The Morgan fingerprint density at radius 2 is 1.86 bits per heavy atom. The molecule has 0 saturated heterocycles. The van der Waals surface area contributed by atoms with E-state index < -0.39 is 0 Å². The molecule has 0 aliphatic rings. The zero-order valence-corrected chi connectivity index (χ0v) is 17.6. The first-order valence-corrected chi connectivity index (χ1v) is 10.7. The average molecular weight is 422 g/mol. The number of aromatic nitrogens is 2. The highest BCUT2D eigenvalue weighted by molar-refractivity contribution is 8.00. The average Bonchev–Trinajstić information content (AvgIpc) is 3.20. The number of rotatable bonds is 6. The van der Waals surface area contributed by atoms with Crippen molar-refractivity contribution in [2.75, 3.05) is 12.4 Å². The first-order chi connectivity index (χ1) is 14.1. The summed E-state index contributed by atoms with van der Waals surface area (Å²) in [6.07, 6.45) is 1.56. The number of thiophene rings is 1. The molecule has 4 rings (SSSR count). The van der Waals surface area contributed by atoms with Crippen LogP contribution in [0.1, 0.15) is 6.92 Å². The monoisotopic (exact) mass is 421 g/mol. The van der Waals surface area contributed by atoms with Crippen LogP contribution in [0.25, 0.3) is 20.7 Å². The number of carbonyl (C=O) groups excluding carboxylic acids is 1. The number of nitrogens with zero attached hydrogens (tertiary/aromatic N) is 2. The standard InChI is InChI=1S/C22H19N3O2S2/c1-14(20(26)25-16-8-10-17(27-2)11-9-16)28-21-18-12-19(15-6-4-3-5-7-15)29-22(18)24-13-23-21/h3-14H,1-2H3,(H,25,26). The van der Waals surface area contributed by atoms with Gasteiger partial charge in [-0.15, -0.1) is 11.3 Å². The van der Waals surface area contributed by atoms with Gasteiger partial charge in [0.05, 0.1) is 12.4 Å².